The molecular formula is C29H37InN2O5. The SMILES string of the molecule is Cc1c(NC(=O)c2ccc(OC[C@@H]3CCCO3)cc2)ccc2[c]1[In]([CH]=O)[CH](CNCC1CCOCC1)C2. The Kier molecular flexibility index (Phi) is 9.24. The van der Waals surface area contributed by atoms with E-state index in [1.807, 2.05) is 18.2 Å². The van der Waals surface area contributed by atoms with Crippen LogP contribution < -0.4 is 18.7 Å². The van der Waals surface area contributed by atoms with E-state index < -0.39 is 21.4 Å². The van der Waals surface area contributed by atoms with Crippen LogP contribution in [0.25, 0.3) is 0 Å². The number of hydrogen-bond donors (Lipinski definition) is 2. The second kappa shape index (κ2) is 12.8. The monoisotopic (exact) mass is 608 g/mol. The van der Waals surface area contributed by atoms with Crippen LogP contribution in [0.5, 0.6) is 5.75 Å². The first kappa shape index (κ1) is 26.7. The van der Waals surface area contributed by atoms with Crippen molar-refractivity contribution in [1.82, 2.24) is 5.32 Å². The van der Waals surface area contributed by atoms with E-state index in [2.05, 4.69) is 23.6 Å². The van der Waals surface area contributed by atoms with Gasteiger partial charge in [0.15, 0.2) is 0 Å². The van der Waals surface area contributed by atoms with Crippen molar-refractivity contribution in [3.8, 4) is 5.75 Å². The Bertz CT molecular complexity index is 1080. The fraction of sp³-hybridized carbons (Fsp3) is 0.517. The molecule has 1 amide bonds. The van der Waals surface area contributed by atoms with Gasteiger partial charge >= 0.3 is 204 Å². The van der Waals surface area contributed by atoms with Gasteiger partial charge in [0, 0.05) is 6.61 Å². The first-order valence-corrected chi connectivity index (χ1v) is 19.1. The van der Waals surface area contributed by atoms with Crippen molar-refractivity contribution in [2.24, 2.45) is 5.92 Å². The number of anilines is 1. The van der Waals surface area contributed by atoms with Crippen LogP contribution in [0.3, 0.4) is 0 Å². The molecule has 37 heavy (non-hydrogen) atoms. The molecule has 3 aliphatic rings. The molecule has 196 valence electrons. The molecule has 7 nitrogen and oxygen atoms in total. The van der Waals surface area contributed by atoms with E-state index in [-0.39, 0.29) is 12.0 Å². The number of hydrogen-bond acceptors (Lipinski definition) is 6. The number of amides is 1. The summed E-state index contributed by atoms with van der Waals surface area (Å²) in [6, 6.07) is 11.3. The van der Waals surface area contributed by atoms with E-state index in [1.54, 1.807) is 12.1 Å². The zero-order chi connectivity index (χ0) is 25.6. The molecule has 3 aliphatic heterocycles. The van der Waals surface area contributed by atoms with E-state index in [0.29, 0.717) is 21.8 Å². The molecule has 5 rings (SSSR count). The number of benzene rings is 2. The molecule has 2 N–H and O–H groups in total. The van der Waals surface area contributed by atoms with Gasteiger partial charge in [0.05, 0.1) is 0 Å². The van der Waals surface area contributed by atoms with Crippen LogP contribution in [0.15, 0.2) is 36.4 Å². The van der Waals surface area contributed by atoms with Gasteiger partial charge in [-0.3, -0.25) is 0 Å². The summed E-state index contributed by atoms with van der Waals surface area (Å²) >= 11 is -2.65. The topological polar surface area (TPSA) is 85.9 Å². The molecule has 0 bridgehead atoms. The Morgan fingerprint density at radius 1 is 1.08 bits per heavy atom. The quantitative estimate of drug-likeness (QED) is 0.404. The number of carbonyl (C=O) groups excluding carboxylic acids is 2. The van der Waals surface area contributed by atoms with E-state index in [4.69, 9.17) is 14.2 Å². The summed E-state index contributed by atoms with van der Waals surface area (Å²) in [5.74, 6) is 1.26. The number of ether oxygens (including phenoxy) is 3. The Balaban J connectivity index is 1.18. The molecule has 0 aromatic heterocycles. The number of fused-ring (bicyclic) bond motifs is 1. The van der Waals surface area contributed by atoms with Crippen molar-refractivity contribution >= 4 is 40.4 Å². The minimum atomic E-state index is -2.65. The Morgan fingerprint density at radius 2 is 1.89 bits per heavy atom. The summed E-state index contributed by atoms with van der Waals surface area (Å²) in [5.41, 5.74) is 3.76. The van der Waals surface area contributed by atoms with Crippen LogP contribution in [0.4, 0.5) is 5.69 Å². The summed E-state index contributed by atoms with van der Waals surface area (Å²) in [7, 11) is 0. The summed E-state index contributed by atoms with van der Waals surface area (Å²) < 4.78 is 19.9. The van der Waals surface area contributed by atoms with Crippen molar-refractivity contribution in [3.05, 3.63) is 53.1 Å². The third-order valence-corrected chi connectivity index (χ3v) is 17.4. The van der Waals surface area contributed by atoms with Crippen molar-refractivity contribution < 1.29 is 23.8 Å². The van der Waals surface area contributed by atoms with Gasteiger partial charge in [0.2, 0.25) is 0 Å². The molecule has 0 aliphatic carbocycles. The zero-order valence-corrected chi connectivity index (χ0v) is 25.0. The van der Waals surface area contributed by atoms with Crippen molar-refractivity contribution in [3.63, 3.8) is 0 Å². The number of carbonyl (C=O) groups is 2. The Labute approximate surface area is 227 Å². The summed E-state index contributed by atoms with van der Waals surface area (Å²) in [4.78, 5) is 25.3. The van der Waals surface area contributed by atoms with E-state index >= 15 is 0 Å². The van der Waals surface area contributed by atoms with Gasteiger partial charge in [0.1, 0.15) is 0 Å². The maximum absolute atomic E-state index is 13.0. The second-order valence-corrected chi connectivity index (χ2v) is 18.7. The van der Waals surface area contributed by atoms with Gasteiger partial charge in [-0.2, -0.15) is 0 Å². The molecule has 0 radical (unpaired) electrons. The van der Waals surface area contributed by atoms with Crippen molar-refractivity contribution in [2.75, 3.05) is 44.8 Å². The molecule has 2 atom stereocenters. The molecule has 0 spiro atoms. The summed E-state index contributed by atoms with van der Waals surface area (Å²) in [6.07, 6.45) is 5.48. The van der Waals surface area contributed by atoms with Crippen LogP contribution in [0.1, 0.15) is 47.2 Å². The average Bonchev–Trinajstić information content (AvgIpc) is 3.58. The average molecular weight is 608 g/mol. The molecule has 2 saturated heterocycles. The molecule has 2 aromatic rings. The third-order valence-electron chi connectivity index (χ3n) is 8.08. The van der Waals surface area contributed by atoms with Crippen LogP contribution >= 0.6 is 0 Å². The van der Waals surface area contributed by atoms with Gasteiger partial charge in [-0.25, -0.2) is 0 Å². The normalized spacial score (nSPS) is 21.6. The summed E-state index contributed by atoms with van der Waals surface area (Å²) in [6.45, 7) is 7.04. The first-order valence-electron chi connectivity index (χ1n) is 13.6. The first-order chi connectivity index (χ1) is 18.1. The third kappa shape index (κ3) is 6.59. The standard InChI is InChI=1S/C28H36N2O4.CHO.In/c1-21-18-22(4-2-14-29-19-23-12-16-32-17-13-23)6-11-27(21)30-28(31)24-7-9-25(10-8-24)34-20-26-5-3-15-33-26;1-2;/h2,6-11,23,26,29H,3-5,12-17,19-20H2,1H3,(H,30,31);1H;/t26-;;/m0../s1. The molecular weight excluding hydrogens is 571 g/mol. The van der Waals surface area contributed by atoms with Crippen LogP contribution in [0, 0.1) is 12.8 Å². The van der Waals surface area contributed by atoms with Crippen LogP contribution in [-0.4, -0.2) is 77.0 Å². The zero-order valence-electron chi connectivity index (χ0n) is 21.7. The van der Waals surface area contributed by atoms with E-state index in [9.17, 15) is 9.59 Å². The predicted molar refractivity (Wildman–Crippen MR) is 146 cm³/mol. The minimum absolute atomic E-state index is 0.153. The van der Waals surface area contributed by atoms with Crippen LogP contribution in [0.2, 0.25) is 3.67 Å². The summed E-state index contributed by atoms with van der Waals surface area (Å²) in [5, 5.41) is 6.75. The molecule has 8 heteroatoms. The van der Waals surface area contributed by atoms with Crippen LogP contribution in [-0.2, 0) is 20.7 Å². The number of rotatable bonds is 10. The van der Waals surface area contributed by atoms with Gasteiger partial charge in [-0.05, 0) is 12.8 Å². The van der Waals surface area contributed by atoms with Gasteiger partial charge < -0.3 is 4.74 Å². The van der Waals surface area contributed by atoms with Crippen molar-refractivity contribution in [2.45, 2.75) is 48.8 Å². The molecule has 0 saturated carbocycles. The molecule has 2 aromatic carbocycles. The molecule has 2 fully saturated rings. The maximum atomic E-state index is 13.0. The second-order valence-electron chi connectivity index (χ2n) is 10.6. The Morgan fingerprint density at radius 3 is 2.62 bits per heavy atom. The van der Waals surface area contributed by atoms with Gasteiger partial charge in [-0.1, -0.05) is 0 Å². The van der Waals surface area contributed by atoms with Gasteiger partial charge in [-0.15, -0.1) is 0 Å². The fourth-order valence-corrected chi connectivity index (χ4v) is 14.6. The van der Waals surface area contributed by atoms with Crippen molar-refractivity contribution in [1.29, 1.82) is 0 Å². The fourth-order valence-electron chi connectivity index (χ4n) is 5.87. The molecule has 1 unspecified atom stereocenters. The van der Waals surface area contributed by atoms with E-state index in [0.717, 1.165) is 82.0 Å². The Hall–Kier alpha value is -1.87. The predicted octanol–water partition coefficient (Wildman–Crippen LogP) is 3.22. The van der Waals surface area contributed by atoms with E-state index in [1.165, 1.54) is 12.9 Å². The van der Waals surface area contributed by atoms with Gasteiger partial charge in [0.25, 0.3) is 0 Å². The molecule has 3 heterocycles. The number of nitrogens with one attached hydrogen (secondary N) is 2.